The summed E-state index contributed by atoms with van der Waals surface area (Å²) in [5, 5.41) is 102. The van der Waals surface area contributed by atoms with E-state index in [-0.39, 0.29) is 49.7 Å². The lowest BCUT2D eigenvalue weighted by Gasteiger charge is -2.34. The fourth-order valence-electron chi connectivity index (χ4n) is 10.9. The zero-order valence-corrected chi connectivity index (χ0v) is 50.0. The molecule has 4 aromatic carbocycles. The molecule has 17 N–H and O–H groups in total. The number of benzene rings is 4. The SMILES string of the molecule is CCCCCOc1ccc(-c2ccc(-c3ccc(C(=O)N[C@H]4C[C@@H](O)[C@@H](OCCOCCN)NC(=O)C5C(O)[C@@H](C)CN5C(=O)[C@H]([C@@H](C)O)NC(=O)C(C(O)[C@@H](O)c5ccc(O)c(N)c5)NC(=O)[C@@H]5C[C@@H](O)CN5C(=O)[C@H]([C@@H](C)O)NC4=O)cc3)cc2)cc1. The minimum Gasteiger partial charge on any atom is -0.506 e. The van der Waals surface area contributed by atoms with Gasteiger partial charge in [-0.15, -0.1) is 0 Å². The molecule has 89 heavy (non-hydrogen) atoms. The number of aromatic hydroxyl groups is 1. The molecule has 0 aliphatic carbocycles. The van der Waals surface area contributed by atoms with Crippen LogP contribution in [-0.2, 0) is 38.2 Å². The first-order valence-electron chi connectivity index (χ1n) is 29.7. The molecule has 3 aliphatic heterocycles. The zero-order valence-electron chi connectivity index (χ0n) is 50.0. The van der Waals surface area contributed by atoms with Gasteiger partial charge in [0.1, 0.15) is 66.1 Å². The van der Waals surface area contributed by atoms with Gasteiger partial charge in [-0.05, 0) is 84.5 Å². The van der Waals surface area contributed by atoms with Gasteiger partial charge < -0.3 is 103 Å². The number of rotatable bonds is 20. The van der Waals surface area contributed by atoms with Crippen molar-refractivity contribution in [1.82, 2.24) is 36.4 Å². The van der Waals surface area contributed by atoms with Crippen LogP contribution in [0.25, 0.3) is 22.3 Å². The molecule has 27 heteroatoms. The average molecular weight is 1240 g/mol. The van der Waals surface area contributed by atoms with E-state index in [1.54, 1.807) is 12.1 Å². The number of hydrogen-bond donors (Lipinski definition) is 15. The fraction of sp³-hybridized carbons (Fsp3) is 0.500. The second-order valence-corrected chi connectivity index (χ2v) is 22.8. The summed E-state index contributed by atoms with van der Waals surface area (Å²) in [6.07, 6.45) is -13.1. The van der Waals surface area contributed by atoms with Gasteiger partial charge in [-0.3, -0.25) is 33.6 Å². The number of phenols is 1. The van der Waals surface area contributed by atoms with E-state index in [1.165, 1.54) is 19.1 Å². The Bertz CT molecular complexity index is 3070. The number of carbonyl (C=O) groups is 7. The Morgan fingerprint density at radius 1 is 0.674 bits per heavy atom. The molecule has 0 radical (unpaired) electrons. The number of ether oxygens (including phenoxy) is 3. The predicted molar refractivity (Wildman–Crippen MR) is 321 cm³/mol. The summed E-state index contributed by atoms with van der Waals surface area (Å²) in [5.41, 5.74) is 14.5. The monoisotopic (exact) mass is 1240 g/mol. The number of nitrogens with two attached hydrogens (primary N) is 2. The van der Waals surface area contributed by atoms with Crippen molar-refractivity contribution in [3.8, 4) is 33.8 Å². The molecule has 0 bridgehead atoms. The summed E-state index contributed by atoms with van der Waals surface area (Å²) >= 11 is 0. The van der Waals surface area contributed by atoms with Crippen molar-refractivity contribution in [3.05, 3.63) is 102 Å². The maximum atomic E-state index is 14.8. The van der Waals surface area contributed by atoms with Crippen LogP contribution in [-0.4, -0.2) is 217 Å². The molecule has 0 spiro atoms. The molecule has 3 heterocycles. The highest BCUT2D eigenvalue weighted by molar-refractivity contribution is 6.00. The summed E-state index contributed by atoms with van der Waals surface area (Å²) in [6, 6.07) is 13.4. The lowest BCUT2D eigenvalue weighted by atomic mass is 9.96. The smallest absolute Gasteiger partial charge is 0.251 e. The number of anilines is 1. The highest BCUT2D eigenvalue weighted by Gasteiger charge is 2.50. The van der Waals surface area contributed by atoms with E-state index in [2.05, 4.69) is 33.5 Å². The zero-order chi connectivity index (χ0) is 64.8. The Morgan fingerprint density at radius 3 is 1.83 bits per heavy atom. The minimum absolute atomic E-state index is 0.0222. The number of fused-ring (bicyclic) bond motifs is 2. The maximum Gasteiger partial charge on any atom is 0.251 e. The highest BCUT2D eigenvalue weighted by Crippen LogP contribution is 2.31. The molecular weight excluding hydrogens is 1160 g/mol. The van der Waals surface area contributed by atoms with Crippen LogP contribution in [0.2, 0.25) is 0 Å². The van der Waals surface area contributed by atoms with Gasteiger partial charge in [-0.2, -0.15) is 0 Å². The van der Waals surface area contributed by atoms with Gasteiger partial charge in [0.05, 0.1) is 56.5 Å². The quantitative estimate of drug-likeness (QED) is 0.0276. The van der Waals surface area contributed by atoms with Crippen molar-refractivity contribution in [3.63, 3.8) is 0 Å². The highest BCUT2D eigenvalue weighted by atomic mass is 16.5. The molecule has 3 aliphatic rings. The van der Waals surface area contributed by atoms with Crippen LogP contribution in [0.5, 0.6) is 11.5 Å². The Kier molecular flexibility index (Phi) is 24.4. The van der Waals surface area contributed by atoms with E-state index in [1.807, 2.05) is 48.5 Å². The minimum atomic E-state index is -2.36. The van der Waals surface area contributed by atoms with Crippen molar-refractivity contribution in [1.29, 1.82) is 0 Å². The third-order valence-corrected chi connectivity index (χ3v) is 16.0. The van der Waals surface area contributed by atoms with E-state index >= 15 is 0 Å². The Morgan fingerprint density at radius 2 is 1.25 bits per heavy atom. The van der Waals surface area contributed by atoms with E-state index in [9.17, 15) is 74.4 Å². The lowest BCUT2D eigenvalue weighted by molar-refractivity contribution is -0.150. The molecule has 3 fully saturated rings. The molecular formula is C62H83N9O18. The number of amides is 7. The third kappa shape index (κ3) is 17.3. The van der Waals surface area contributed by atoms with Crippen molar-refractivity contribution >= 4 is 47.0 Å². The number of hydrogen-bond acceptors (Lipinski definition) is 20. The number of nitrogens with zero attached hydrogens (tertiary/aromatic N) is 2. The molecule has 0 aromatic heterocycles. The Labute approximate surface area is 514 Å². The Balaban J connectivity index is 1.23. The largest absolute Gasteiger partial charge is 0.506 e. The second kappa shape index (κ2) is 31.6. The second-order valence-electron chi connectivity index (χ2n) is 22.8. The van der Waals surface area contributed by atoms with Crippen molar-refractivity contribution in [2.24, 2.45) is 11.7 Å². The molecule has 3 saturated heterocycles. The number of carbonyl (C=O) groups excluding carboxylic acids is 7. The molecule has 15 atom stereocenters. The number of aliphatic hydroxyl groups excluding tert-OH is 7. The molecule has 7 amide bonds. The van der Waals surface area contributed by atoms with Crippen molar-refractivity contribution < 1.29 is 88.6 Å². The normalized spacial score (nSPS) is 26.3. The number of nitrogen functional groups attached to an aromatic ring is 1. The standard InChI is InChI=1S/C62H83N9O18/c1-5-6-7-23-88-42-19-16-38(17-20-42)36-10-8-35(9-11-36)37-12-14-39(15-13-37)55(80)65-44-29-47(76)60(89-26-25-87-24-22-63)69-59(84)51-52(77)32(2)30-71(51)62(86)49(34(4)73)67-58(83)50(54(79)53(78)40-18-21-46(75)43(64)27-40)68-57(82)45-28-41(74)31-70(45)61(85)48(33(3)72)66-56(44)81/h8-21,27,32-34,41,44-45,47-54,60,72-79H,5-7,22-26,28-31,63-64H2,1-4H3,(H,65,80)(H,66,81)(H,67,83)(H,68,82)(H,69,84)/t32-,33+,34+,41+,44-,45-,47+,48-,49-,50?,51?,52?,53-,54?,60+/m0/s1. The van der Waals surface area contributed by atoms with Crippen LogP contribution in [0, 0.1) is 5.92 Å². The van der Waals surface area contributed by atoms with E-state index < -0.39 is 158 Å². The summed E-state index contributed by atoms with van der Waals surface area (Å²) in [4.78, 5) is 104. The van der Waals surface area contributed by atoms with Crippen LogP contribution in [0.4, 0.5) is 5.69 Å². The molecule has 7 rings (SSSR count). The summed E-state index contributed by atoms with van der Waals surface area (Å²) in [6.45, 7) is 5.21. The number of unbranched alkanes of at least 4 members (excludes halogenated alkanes) is 2. The molecule has 0 saturated carbocycles. The van der Waals surface area contributed by atoms with E-state index in [4.69, 9.17) is 25.7 Å². The predicted octanol–water partition coefficient (Wildman–Crippen LogP) is -1.35. The van der Waals surface area contributed by atoms with E-state index in [0.717, 1.165) is 83.5 Å². The van der Waals surface area contributed by atoms with Gasteiger partial charge in [0, 0.05) is 44.0 Å². The first-order valence-corrected chi connectivity index (χ1v) is 29.7. The first kappa shape index (κ1) is 68.7. The number of nitrogens with one attached hydrogen (secondary N) is 5. The van der Waals surface area contributed by atoms with Crippen LogP contribution in [0.3, 0.4) is 0 Å². The Hall–Kier alpha value is -7.83. The topological polar surface area (TPSA) is 428 Å². The summed E-state index contributed by atoms with van der Waals surface area (Å²) < 4.78 is 17.2. The number of phenolic OH excluding ortho intramolecular Hbond substituents is 1. The van der Waals surface area contributed by atoms with Crippen LogP contribution in [0.15, 0.2) is 91.0 Å². The van der Waals surface area contributed by atoms with Gasteiger partial charge in [-0.1, -0.05) is 81.3 Å². The molecule has 4 unspecified atom stereocenters. The van der Waals surface area contributed by atoms with Crippen molar-refractivity contribution in [2.75, 3.05) is 51.8 Å². The van der Waals surface area contributed by atoms with Crippen molar-refractivity contribution in [2.45, 2.75) is 145 Å². The van der Waals surface area contributed by atoms with Crippen LogP contribution < -0.4 is 42.8 Å². The fourth-order valence-corrected chi connectivity index (χ4v) is 10.9. The average Bonchev–Trinajstić information content (AvgIpc) is 2.04. The van der Waals surface area contributed by atoms with Gasteiger partial charge in [0.25, 0.3) is 5.91 Å². The lowest BCUT2D eigenvalue weighted by Crippen LogP contribution is -2.64. The molecule has 484 valence electrons. The van der Waals surface area contributed by atoms with Crippen LogP contribution >= 0.6 is 0 Å². The third-order valence-electron chi connectivity index (χ3n) is 16.0. The first-order chi connectivity index (χ1) is 42.4. The molecule has 27 nitrogen and oxygen atoms in total. The van der Waals surface area contributed by atoms with Gasteiger partial charge in [-0.25, -0.2) is 0 Å². The van der Waals surface area contributed by atoms with Gasteiger partial charge in [0.2, 0.25) is 35.4 Å². The van der Waals surface area contributed by atoms with Gasteiger partial charge >= 0.3 is 0 Å². The van der Waals surface area contributed by atoms with Gasteiger partial charge in [0.15, 0.2) is 6.23 Å². The van der Waals surface area contributed by atoms with Crippen LogP contribution in [0.1, 0.15) is 81.8 Å². The van der Waals surface area contributed by atoms with E-state index in [0.29, 0.717) is 12.2 Å². The molecule has 4 aromatic rings. The maximum absolute atomic E-state index is 14.8. The summed E-state index contributed by atoms with van der Waals surface area (Å²) in [5.74, 6) is -8.73. The summed E-state index contributed by atoms with van der Waals surface area (Å²) in [7, 11) is 0. The number of aliphatic hydroxyl groups is 7.